The van der Waals surface area contributed by atoms with Gasteiger partial charge in [0.15, 0.2) is 5.69 Å². The summed E-state index contributed by atoms with van der Waals surface area (Å²) in [6.07, 6.45) is 0. The fourth-order valence-electron chi connectivity index (χ4n) is 2.37. The first kappa shape index (κ1) is 14.8. The van der Waals surface area contributed by atoms with E-state index in [9.17, 15) is 5.26 Å². The second-order valence-electron chi connectivity index (χ2n) is 4.98. The molecule has 0 unspecified atom stereocenters. The van der Waals surface area contributed by atoms with Gasteiger partial charge < -0.3 is 10.1 Å². The number of aromatic nitrogens is 2. The van der Waals surface area contributed by atoms with Gasteiger partial charge in [-0.2, -0.15) is 5.26 Å². The molecule has 5 nitrogen and oxygen atoms in total. The molecule has 0 aliphatic carbocycles. The summed E-state index contributed by atoms with van der Waals surface area (Å²) in [6.45, 7) is 3.20. The van der Waals surface area contributed by atoms with E-state index in [1.165, 1.54) is 0 Å². The van der Waals surface area contributed by atoms with E-state index in [1.807, 2.05) is 55.5 Å². The third-order valence-corrected chi connectivity index (χ3v) is 3.48. The van der Waals surface area contributed by atoms with E-state index in [0.717, 1.165) is 22.2 Å². The molecule has 114 valence electrons. The Bertz CT molecular complexity index is 853. The second-order valence-corrected chi connectivity index (χ2v) is 4.98. The fraction of sp³-hybridized carbons (Fsp3) is 0.167. The van der Waals surface area contributed by atoms with Crippen LogP contribution in [0.1, 0.15) is 18.2 Å². The third-order valence-electron chi connectivity index (χ3n) is 3.48. The van der Waals surface area contributed by atoms with Crippen LogP contribution in [-0.4, -0.2) is 16.8 Å². The zero-order valence-electron chi connectivity index (χ0n) is 12.8. The van der Waals surface area contributed by atoms with E-state index in [0.29, 0.717) is 24.5 Å². The molecule has 0 saturated carbocycles. The summed E-state index contributed by atoms with van der Waals surface area (Å²) in [5.41, 5.74) is 2.88. The maximum atomic E-state index is 9.26. The minimum absolute atomic E-state index is 0.301. The zero-order valence-corrected chi connectivity index (χ0v) is 12.8. The number of fused-ring (bicyclic) bond motifs is 1. The Hall–Kier alpha value is -3.13. The average molecular weight is 304 g/mol. The van der Waals surface area contributed by atoms with Crippen molar-refractivity contribution in [3.63, 3.8) is 0 Å². The van der Waals surface area contributed by atoms with Crippen molar-refractivity contribution in [2.45, 2.75) is 13.5 Å². The highest BCUT2D eigenvalue weighted by Crippen LogP contribution is 2.24. The first-order chi connectivity index (χ1) is 11.3. The summed E-state index contributed by atoms with van der Waals surface area (Å²) >= 11 is 0. The van der Waals surface area contributed by atoms with Crippen molar-refractivity contribution >= 4 is 16.6 Å². The maximum absolute atomic E-state index is 9.26. The third kappa shape index (κ3) is 3.22. The minimum Gasteiger partial charge on any atom is -0.494 e. The molecule has 1 heterocycles. The van der Waals surface area contributed by atoms with Crippen LogP contribution >= 0.6 is 0 Å². The highest BCUT2D eigenvalue weighted by molar-refractivity contribution is 5.92. The van der Waals surface area contributed by atoms with E-state index in [1.54, 1.807) is 0 Å². The Morgan fingerprint density at radius 2 is 1.87 bits per heavy atom. The number of rotatable bonds is 5. The number of hydrogen-bond donors (Lipinski definition) is 1. The van der Waals surface area contributed by atoms with Gasteiger partial charge in [0.2, 0.25) is 0 Å². The molecule has 0 aliphatic heterocycles. The summed E-state index contributed by atoms with van der Waals surface area (Å²) in [4.78, 5) is 0. The average Bonchev–Trinajstić information content (AvgIpc) is 2.61. The van der Waals surface area contributed by atoms with Crippen LogP contribution in [0, 0.1) is 11.3 Å². The Morgan fingerprint density at radius 3 is 2.61 bits per heavy atom. The molecular weight excluding hydrogens is 288 g/mol. The molecule has 1 N–H and O–H groups in total. The monoisotopic (exact) mass is 304 g/mol. The van der Waals surface area contributed by atoms with Gasteiger partial charge >= 0.3 is 0 Å². The fourth-order valence-corrected chi connectivity index (χ4v) is 2.37. The molecule has 2 aromatic carbocycles. The Kier molecular flexibility index (Phi) is 4.34. The summed E-state index contributed by atoms with van der Waals surface area (Å²) in [5.74, 6) is 0.852. The van der Waals surface area contributed by atoms with Crippen molar-refractivity contribution in [1.29, 1.82) is 5.26 Å². The van der Waals surface area contributed by atoms with E-state index < -0.39 is 0 Å². The van der Waals surface area contributed by atoms with Gasteiger partial charge in [0.25, 0.3) is 0 Å². The van der Waals surface area contributed by atoms with E-state index >= 15 is 0 Å². The summed E-state index contributed by atoms with van der Waals surface area (Å²) in [5, 5.41) is 21.5. The highest BCUT2D eigenvalue weighted by atomic mass is 16.5. The number of nitriles is 1. The minimum atomic E-state index is 0.301. The molecule has 0 radical (unpaired) electrons. The molecule has 3 rings (SSSR count). The Morgan fingerprint density at radius 1 is 1.09 bits per heavy atom. The number of ether oxygens (including phenoxy) is 1. The van der Waals surface area contributed by atoms with Crippen molar-refractivity contribution < 1.29 is 4.74 Å². The van der Waals surface area contributed by atoms with Gasteiger partial charge in [0.05, 0.1) is 17.8 Å². The van der Waals surface area contributed by atoms with Gasteiger partial charge in [-0.25, -0.2) is 0 Å². The van der Waals surface area contributed by atoms with Crippen molar-refractivity contribution in [2.24, 2.45) is 0 Å². The normalized spacial score (nSPS) is 10.3. The molecular formula is C18H16N4O. The lowest BCUT2D eigenvalue weighted by molar-refractivity contribution is 0.340. The first-order valence-electron chi connectivity index (χ1n) is 7.43. The lowest BCUT2D eigenvalue weighted by atomic mass is 10.1. The van der Waals surface area contributed by atoms with Crippen molar-refractivity contribution in [2.75, 3.05) is 11.9 Å². The molecule has 0 atom stereocenters. The van der Waals surface area contributed by atoms with Gasteiger partial charge in [-0.1, -0.05) is 30.3 Å². The topological polar surface area (TPSA) is 70.8 Å². The zero-order chi connectivity index (χ0) is 16.1. The first-order valence-corrected chi connectivity index (χ1v) is 7.43. The molecule has 0 aliphatic rings. The van der Waals surface area contributed by atoms with Crippen molar-refractivity contribution in [3.05, 3.63) is 59.8 Å². The summed E-state index contributed by atoms with van der Waals surface area (Å²) in [6, 6.07) is 17.6. The molecule has 0 fully saturated rings. The predicted octanol–water partition coefficient (Wildman–Crippen LogP) is 3.51. The molecule has 1 aromatic heterocycles. The van der Waals surface area contributed by atoms with Gasteiger partial charge in [-0.3, -0.25) is 0 Å². The lowest BCUT2D eigenvalue weighted by Gasteiger charge is -2.11. The van der Waals surface area contributed by atoms with Crippen molar-refractivity contribution in [1.82, 2.24) is 10.2 Å². The molecule has 23 heavy (non-hydrogen) atoms. The van der Waals surface area contributed by atoms with Crippen LogP contribution in [0.3, 0.4) is 0 Å². The van der Waals surface area contributed by atoms with Crippen LogP contribution < -0.4 is 10.1 Å². The van der Waals surface area contributed by atoms with E-state index in [2.05, 4.69) is 21.6 Å². The number of hydrogen-bond acceptors (Lipinski definition) is 5. The maximum Gasteiger partial charge on any atom is 0.186 e. The molecule has 0 saturated heterocycles. The predicted molar refractivity (Wildman–Crippen MR) is 89.2 cm³/mol. The highest BCUT2D eigenvalue weighted by Gasteiger charge is 2.09. The Labute approximate surface area is 134 Å². The van der Waals surface area contributed by atoms with Crippen LogP contribution in [-0.2, 0) is 6.54 Å². The van der Waals surface area contributed by atoms with Gasteiger partial charge in [0.1, 0.15) is 11.8 Å². The largest absolute Gasteiger partial charge is 0.494 e. The Balaban J connectivity index is 1.85. The molecule has 5 heteroatoms. The molecule has 0 spiro atoms. The molecule has 0 bridgehead atoms. The van der Waals surface area contributed by atoms with Gasteiger partial charge in [0, 0.05) is 11.9 Å². The quantitative estimate of drug-likeness (QED) is 0.781. The molecule has 3 aromatic rings. The van der Waals surface area contributed by atoms with E-state index in [4.69, 9.17) is 4.74 Å². The summed E-state index contributed by atoms with van der Waals surface area (Å²) in [7, 11) is 0. The lowest BCUT2D eigenvalue weighted by Crippen LogP contribution is -2.04. The van der Waals surface area contributed by atoms with E-state index in [-0.39, 0.29) is 0 Å². The second kappa shape index (κ2) is 6.75. The van der Waals surface area contributed by atoms with Crippen LogP contribution in [0.4, 0.5) is 5.69 Å². The van der Waals surface area contributed by atoms with Crippen LogP contribution in [0.15, 0.2) is 48.5 Å². The SMILES string of the molecule is CCOc1ccc(CNc2c(C#N)nnc3ccccc23)cc1. The van der Waals surface area contributed by atoms with Gasteiger partial charge in [-0.05, 0) is 30.7 Å². The number of anilines is 1. The number of benzene rings is 2. The van der Waals surface area contributed by atoms with Crippen molar-refractivity contribution in [3.8, 4) is 11.8 Å². The van der Waals surface area contributed by atoms with Gasteiger partial charge in [-0.15, -0.1) is 10.2 Å². The van der Waals surface area contributed by atoms with Crippen LogP contribution in [0.2, 0.25) is 0 Å². The molecule has 0 amide bonds. The van der Waals surface area contributed by atoms with Crippen LogP contribution in [0.25, 0.3) is 10.9 Å². The number of nitrogens with zero attached hydrogens (tertiary/aromatic N) is 3. The smallest absolute Gasteiger partial charge is 0.186 e. The standard InChI is InChI=1S/C18H16N4O/c1-2-23-14-9-7-13(8-10-14)12-20-18-15-5-3-4-6-16(15)21-22-17(18)11-19/h3-10H,2,12H2,1H3,(H,20,21). The number of nitrogens with one attached hydrogen (secondary N) is 1. The van der Waals surface area contributed by atoms with Crippen LogP contribution in [0.5, 0.6) is 5.75 Å². The summed E-state index contributed by atoms with van der Waals surface area (Å²) < 4.78 is 5.44.